The van der Waals surface area contributed by atoms with Gasteiger partial charge in [-0.3, -0.25) is 0 Å². The number of esters is 1. The Morgan fingerprint density at radius 1 is 1.00 bits per heavy atom. The van der Waals surface area contributed by atoms with E-state index in [9.17, 15) is 9.59 Å². The molecule has 0 atom stereocenters. The normalized spacial score (nSPS) is 9.36. The maximum Gasteiger partial charge on any atom is 0.338 e. The molecule has 0 aliphatic heterocycles. The molecule has 0 saturated carbocycles. The fourth-order valence-electron chi connectivity index (χ4n) is 0.854. The van der Waals surface area contributed by atoms with Crippen LogP contribution in [-0.4, -0.2) is 17.0 Å². The van der Waals surface area contributed by atoms with Crippen LogP contribution in [-0.2, 0) is 9.59 Å². The van der Waals surface area contributed by atoms with E-state index in [4.69, 9.17) is 67.8 Å². The predicted molar refractivity (Wildman–Crippen MR) is 89.8 cm³/mol. The van der Waals surface area contributed by atoms with Gasteiger partial charge >= 0.3 is 11.9 Å². The molecule has 0 spiro atoms. The number of hydrogen-bond donors (Lipinski definition) is 1. The standard InChI is InChI=1S/C10H5Cl5O2.C3H4O2/c1-3(2)10(16)17-9-7(14)5(12)4(11)6(13)8(9)15;1-2-3(4)5/h1H2,2H3;2H,1H2,(H,4,5). The van der Waals surface area contributed by atoms with Crippen LogP contribution >= 0.6 is 58.0 Å². The van der Waals surface area contributed by atoms with Gasteiger partial charge in [0.25, 0.3) is 0 Å². The molecule has 9 heteroatoms. The molecule has 0 aromatic heterocycles. The first kappa shape index (κ1) is 21.1. The maximum absolute atomic E-state index is 11.4. The van der Waals surface area contributed by atoms with Crippen molar-refractivity contribution in [3.8, 4) is 5.75 Å². The van der Waals surface area contributed by atoms with Gasteiger partial charge in [-0.05, 0) is 6.92 Å². The summed E-state index contributed by atoms with van der Waals surface area (Å²) in [6, 6.07) is 0. The van der Waals surface area contributed by atoms with Crippen molar-refractivity contribution in [3.05, 3.63) is 49.9 Å². The van der Waals surface area contributed by atoms with E-state index in [0.717, 1.165) is 6.08 Å². The number of benzene rings is 1. The highest BCUT2D eigenvalue weighted by Gasteiger charge is 2.22. The average Bonchev–Trinajstić information content (AvgIpc) is 2.47. The fourth-order valence-corrected chi connectivity index (χ4v) is 2.05. The Morgan fingerprint density at radius 3 is 1.59 bits per heavy atom. The van der Waals surface area contributed by atoms with E-state index in [2.05, 4.69) is 13.2 Å². The summed E-state index contributed by atoms with van der Waals surface area (Å²) in [6.45, 7) is 7.86. The van der Waals surface area contributed by atoms with Gasteiger partial charge in [0.15, 0.2) is 5.75 Å². The quantitative estimate of drug-likeness (QED) is 0.230. The van der Waals surface area contributed by atoms with Crippen molar-refractivity contribution in [3.63, 3.8) is 0 Å². The zero-order valence-electron chi connectivity index (χ0n) is 11.1. The Morgan fingerprint density at radius 2 is 1.32 bits per heavy atom. The Labute approximate surface area is 151 Å². The second-order valence-corrected chi connectivity index (χ2v) is 5.50. The third-order valence-corrected chi connectivity index (χ3v) is 4.13. The van der Waals surface area contributed by atoms with Crippen molar-refractivity contribution >= 4 is 69.9 Å². The van der Waals surface area contributed by atoms with Gasteiger partial charge in [-0.2, -0.15) is 0 Å². The molecule has 0 unspecified atom stereocenters. The second kappa shape index (κ2) is 9.28. The van der Waals surface area contributed by atoms with Gasteiger partial charge in [0.2, 0.25) is 0 Å². The molecule has 0 saturated heterocycles. The lowest BCUT2D eigenvalue weighted by molar-refractivity contribution is -0.131. The lowest BCUT2D eigenvalue weighted by Crippen LogP contribution is -2.09. The van der Waals surface area contributed by atoms with Gasteiger partial charge in [0, 0.05) is 11.6 Å². The Kier molecular flexibility index (Phi) is 8.89. The molecule has 22 heavy (non-hydrogen) atoms. The van der Waals surface area contributed by atoms with Crippen molar-refractivity contribution < 1.29 is 19.4 Å². The number of carboxylic acid groups (broad SMARTS) is 1. The van der Waals surface area contributed by atoms with E-state index in [0.29, 0.717) is 0 Å². The van der Waals surface area contributed by atoms with E-state index >= 15 is 0 Å². The second-order valence-electron chi connectivity index (χ2n) is 3.61. The van der Waals surface area contributed by atoms with E-state index in [1.165, 1.54) is 6.92 Å². The Balaban J connectivity index is 0.000000763. The van der Waals surface area contributed by atoms with Gasteiger partial charge in [-0.15, -0.1) is 0 Å². The highest BCUT2D eigenvalue weighted by molar-refractivity contribution is 6.55. The summed E-state index contributed by atoms with van der Waals surface area (Å²) >= 11 is 29.1. The molecule has 0 fully saturated rings. The van der Waals surface area contributed by atoms with Crippen molar-refractivity contribution in [2.75, 3.05) is 0 Å². The number of hydrogen-bond acceptors (Lipinski definition) is 3. The van der Waals surface area contributed by atoms with Gasteiger partial charge in [0.05, 0.1) is 15.1 Å². The van der Waals surface area contributed by atoms with Crippen molar-refractivity contribution in [1.29, 1.82) is 0 Å². The first-order chi connectivity index (χ1) is 10.0. The van der Waals surface area contributed by atoms with E-state index < -0.39 is 11.9 Å². The zero-order chi connectivity index (χ0) is 17.6. The Bertz CT molecular complexity index is 611. The van der Waals surface area contributed by atoms with E-state index in [1.54, 1.807) is 0 Å². The van der Waals surface area contributed by atoms with Gasteiger partial charge in [-0.25, -0.2) is 9.59 Å². The molecular weight excluding hydrogens is 397 g/mol. The topological polar surface area (TPSA) is 63.6 Å². The van der Waals surface area contributed by atoms with Crippen LogP contribution in [0.1, 0.15) is 6.92 Å². The van der Waals surface area contributed by atoms with Crippen LogP contribution in [0.2, 0.25) is 25.1 Å². The molecule has 0 radical (unpaired) electrons. The lowest BCUT2D eigenvalue weighted by Gasteiger charge is -2.12. The smallest absolute Gasteiger partial charge is 0.338 e. The molecule has 0 aliphatic carbocycles. The molecule has 0 aliphatic rings. The summed E-state index contributed by atoms with van der Waals surface area (Å²) in [4.78, 5) is 20.6. The Hall–Kier alpha value is -0.910. The number of ether oxygens (including phenoxy) is 1. The van der Waals surface area contributed by atoms with Crippen LogP contribution in [0.3, 0.4) is 0 Å². The van der Waals surface area contributed by atoms with Crippen LogP contribution in [0.4, 0.5) is 0 Å². The fraction of sp³-hybridized carbons (Fsp3) is 0.0769. The van der Waals surface area contributed by atoms with E-state index in [1.807, 2.05) is 0 Å². The minimum absolute atomic E-state index is 0.00143. The molecule has 1 N–H and O–H groups in total. The van der Waals surface area contributed by atoms with Crippen molar-refractivity contribution in [2.24, 2.45) is 0 Å². The number of rotatable bonds is 3. The van der Waals surface area contributed by atoms with Crippen molar-refractivity contribution in [1.82, 2.24) is 0 Å². The SMILES string of the molecule is C=C(C)C(=O)Oc1c(Cl)c(Cl)c(Cl)c(Cl)c1Cl.C=CC(=O)O. The van der Waals surface area contributed by atoms with Crippen LogP contribution in [0.5, 0.6) is 5.75 Å². The summed E-state index contributed by atoms with van der Waals surface area (Å²) in [5.41, 5.74) is 0.180. The maximum atomic E-state index is 11.4. The number of carbonyl (C=O) groups excluding carboxylic acids is 1. The monoisotopic (exact) mass is 404 g/mol. The summed E-state index contributed by atoms with van der Waals surface area (Å²) < 4.78 is 4.92. The molecule has 1 aromatic carbocycles. The first-order valence-electron chi connectivity index (χ1n) is 5.29. The molecule has 1 rings (SSSR count). The third-order valence-electron chi connectivity index (χ3n) is 1.89. The molecule has 0 bridgehead atoms. The lowest BCUT2D eigenvalue weighted by atomic mass is 10.3. The number of carboxylic acids is 1. The van der Waals surface area contributed by atoms with Gasteiger partial charge < -0.3 is 9.84 Å². The third kappa shape index (κ3) is 5.71. The number of aliphatic carboxylic acids is 1. The number of carbonyl (C=O) groups is 2. The number of halogens is 5. The largest absolute Gasteiger partial charge is 0.478 e. The molecule has 0 heterocycles. The van der Waals surface area contributed by atoms with Crippen LogP contribution in [0.25, 0.3) is 0 Å². The summed E-state index contributed by atoms with van der Waals surface area (Å²) in [5, 5.41) is 7.37. The molecule has 0 amide bonds. The predicted octanol–water partition coefficient (Wildman–Crippen LogP) is 5.69. The minimum atomic E-state index is -0.981. The van der Waals surface area contributed by atoms with Crippen LogP contribution in [0, 0.1) is 0 Å². The summed E-state index contributed by atoms with van der Waals surface area (Å²) in [5.74, 6) is -1.81. The van der Waals surface area contributed by atoms with Crippen molar-refractivity contribution in [2.45, 2.75) is 6.92 Å². The molecule has 4 nitrogen and oxygen atoms in total. The zero-order valence-corrected chi connectivity index (χ0v) is 14.8. The molecule has 1 aromatic rings. The van der Waals surface area contributed by atoms with Crippen LogP contribution < -0.4 is 4.74 Å². The van der Waals surface area contributed by atoms with Gasteiger partial charge in [-0.1, -0.05) is 71.2 Å². The minimum Gasteiger partial charge on any atom is -0.478 e. The van der Waals surface area contributed by atoms with Crippen LogP contribution in [0.15, 0.2) is 24.8 Å². The highest BCUT2D eigenvalue weighted by Crippen LogP contribution is 2.48. The summed E-state index contributed by atoms with van der Waals surface area (Å²) in [7, 11) is 0. The molecule has 120 valence electrons. The summed E-state index contributed by atoms with van der Waals surface area (Å²) in [6.07, 6.45) is 0.833. The van der Waals surface area contributed by atoms with E-state index in [-0.39, 0.29) is 36.4 Å². The first-order valence-corrected chi connectivity index (χ1v) is 7.18. The molecular formula is C13H9Cl5O4. The van der Waals surface area contributed by atoms with Gasteiger partial charge in [0.1, 0.15) is 10.0 Å². The average molecular weight is 406 g/mol. The highest BCUT2D eigenvalue weighted by atomic mass is 35.5.